The van der Waals surface area contributed by atoms with Gasteiger partial charge in [0.1, 0.15) is 6.04 Å². The highest BCUT2D eigenvalue weighted by Crippen LogP contribution is 2.11. The zero-order chi connectivity index (χ0) is 17.5. The van der Waals surface area contributed by atoms with Crippen LogP contribution in [-0.2, 0) is 4.79 Å². The highest BCUT2D eigenvalue weighted by Gasteiger charge is 2.15. The van der Waals surface area contributed by atoms with Crippen molar-refractivity contribution in [3.05, 3.63) is 60.2 Å². The lowest BCUT2D eigenvalue weighted by Gasteiger charge is -2.15. The molecule has 1 unspecified atom stereocenters. The second kappa shape index (κ2) is 7.92. The Bertz CT molecular complexity index is 744. The molecule has 6 heteroatoms. The van der Waals surface area contributed by atoms with Gasteiger partial charge in [0, 0.05) is 16.9 Å². The van der Waals surface area contributed by atoms with Crippen LogP contribution in [0.4, 0.5) is 16.2 Å². The second-order valence-corrected chi connectivity index (χ2v) is 5.31. The van der Waals surface area contributed by atoms with Crippen LogP contribution >= 0.6 is 0 Å². The highest BCUT2D eigenvalue weighted by molar-refractivity contribution is 6.00. The number of Topliss-reactive ketones (excluding diaryl/α,β-unsaturated/α-hetero) is 1. The monoisotopic (exact) mass is 325 g/mol. The molecule has 3 amide bonds. The standard InChI is InChI=1S/C18H19N3O3/c1-12(17(23)20-15-8-4-3-5-9-15)19-18(24)21-16-10-6-7-14(11-16)13(2)22/h3-12H,1-2H3,(H,20,23)(H2,19,21,24). The van der Waals surface area contributed by atoms with Crippen LogP contribution in [0.1, 0.15) is 24.2 Å². The van der Waals surface area contributed by atoms with Crippen molar-refractivity contribution < 1.29 is 14.4 Å². The molecule has 0 saturated carbocycles. The number of hydrogen-bond acceptors (Lipinski definition) is 3. The van der Waals surface area contributed by atoms with Crippen molar-refractivity contribution >= 4 is 29.1 Å². The Morgan fingerprint density at radius 1 is 0.875 bits per heavy atom. The van der Waals surface area contributed by atoms with Crippen LogP contribution in [0.25, 0.3) is 0 Å². The van der Waals surface area contributed by atoms with E-state index in [0.29, 0.717) is 16.9 Å². The molecule has 3 N–H and O–H groups in total. The van der Waals surface area contributed by atoms with Gasteiger partial charge in [0.05, 0.1) is 0 Å². The Morgan fingerprint density at radius 2 is 1.54 bits per heavy atom. The van der Waals surface area contributed by atoms with Crippen molar-refractivity contribution in [3.8, 4) is 0 Å². The Morgan fingerprint density at radius 3 is 2.21 bits per heavy atom. The normalized spacial score (nSPS) is 11.2. The topological polar surface area (TPSA) is 87.3 Å². The molecule has 0 saturated heterocycles. The van der Waals surface area contributed by atoms with Gasteiger partial charge in [0.2, 0.25) is 5.91 Å². The van der Waals surface area contributed by atoms with E-state index in [1.807, 2.05) is 18.2 Å². The third kappa shape index (κ3) is 4.95. The smallest absolute Gasteiger partial charge is 0.319 e. The summed E-state index contributed by atoms with van der Waals surface area (Å²) in [6, 6.07) is 14.3. The molecule has 0 fully saturated rings. The average Bonchev–Trinajstić information content (AvgIpc) is 2.55. The molecule has 24 heavy (non-hydrogen) atoms. The molecule has 0 bridgehead atoms. The zero-order valence-corrected chi connectivity index (χ0v) is 13.5. The molecule has 0 aliphatic carbocycles. The molecule has 0 aliphatic heterocycles. The van der Waals surface area contributed by atoms with Crippen LogP contribution in [-0.4, -0.2) is 23.8 Å². The van der Waals surface area contributed by atoms with Crippen molar-refractivity contribution in [2.75, 3.05) is 10.6 Å². The first kappa shape index (κ1) is 17.2. The zero-order valence-electron chi connectivity index (χ0n) is 13.5. The van der Waals surface area contributed by atoms with Gasteiger partial charge in [-0.25, -0.2) is 4.79 Å². The maximum Gasteiger partial charge on any atom is 0.319 e. The summed E-state index contributed by atoms with van der Waals surface area (Å²) in [6.07, 6.45) is 0. The molecule has 2 aromatic carbocycles. The van der Waals surface area contributed by atoms with E-state index in [1.54, 1.807) is 43.3 Å². The fraction of sp³-hybridized carbons (Fsp3) is 0.167. The van der Waals surface area contributed by atoms with E-state index in [1.165, 1.54) is 6.92 Å². The van der Waals surface area contributed by atoms with Gasteiger partial charge in [-0.2, -0.15) is 0 Å². The molecule has 124 valence electrons. The number of carbonyl (C=O) groups is 3. The average molecular weight is 325 g/mol. The second-order valence-electron chi connectivity index (χ2n) is 5.31. The molecule has 0 heterocycles. The van der Waals surface area contributed by atoms with E-state index in [4.69, 9.17) is 0 Å². The number of nitrogens with one attached hydrogen (secondary N) is 3. The first-order chi connectivity index (χ1) is 11.5. The molecular formula is C18H19N3O3. The van der Waals surface area contributed by atoms with E-state index in [0.717, 1.165) is 0 Å². The third-order valence-corrected chi connectivity index (χ3v) is 3.31. The Labute approximate surface area is 140 Å². The van der Waals surface area contributed by atoms with Crippen LogP contribution in [0.15, 0.2) is 54.6 Å². The number of benzene rings is 2. The summed E-state index contributed by atoms with van der Waals surface area (Å²) < 4.78 is 0. The summed E-state index contributed by atoms with van der Waals surface area (Å²) in [6.45, 7) is 3.04. The highest BCUT2D eigenvalue weighted by atomic mass is 16.2. The largest absolute Gasteiger partial charge is 0.326 e. The number of amides is 3. The van der Waals surface area contributed by atoms with E-state index >= 15 is 0 Å². The lowest BCUT2D eigenvalue weighted by molar-refractivity contribution is -0.117. The van der Waals surface area contributed by atoms with Crippen molar-refractivity contribution in [2.24, 2.45) is 0 Å². The fourth-order valence-electron chi connectivity index (χ4n) is 2.02. The summed E-state index contributed by atoms with van der Waals surface area (Å²) >= 11 is 0. The molecule has 2 aromatic rings. The number of para-hydroxylation sites is 1. The summed E-state index contributed by atoms with van der Waals surface area (Å²) in [5, 5.41) is 7.86. The lowest BCUT2D eigenvalue weighted by atomic mass is 10.1. The van der Waals surface area contributed by atoms with Gasteiger partial charge in [-0.1, -0.05) is 30.3 Å². The van der Waals surface area contributed by atoms with Crippen LogP contribution in [0.5, 0.6) is 0 Å². The quantitative estimate of drug-likeness (QED) is 0.738. The van der Waals surface area contributed by atoms with Gasteiger partial charge in [0.25, 0.3) is 0 Å². The Balaban J connectivity index is 1.90. The first-order valence-corrected chi connectivity index (χ1v) is 7.50. The fourth-order valence-corrected chi connectivity index (χ4v) is 2.02. The molecule has 0 aliphatic rings. The minimum absolute atomic E-state index is 0.0883. The summed E-state index contributed by atoms with van der Waals surface area (Å²) in [4.78, 5) is 35.4. The van der Waals surface area contributed by atoms with Crippen LogP contribution in [0, 0.1) is 0 Å². The van der Waals surface area contributed by atoms with E-state index < -0.39 is 12.1 Å². The molecule has 2 rings (SSSR count). The number of rotatable bonds is 5. The number of urea groups is 1. The van der Waals surface area contributed by atoms with Crippen LogP contribution in [0.2, 0.25) is 0 Å². The SMILES string of the molecule is CC(=O)c1cccc(NC(=O)NC(C)C(=O)Nc2ccccc2)c1. The maximum atomic E-state index is 12.0. The van der Waals surface area contributed by atoms with Crippen molar-refractivity contribution in [2.45, 2.75) is 19.9 Å². The van der Waals surface area contributed by atoms with E-state index in [9.17, 15) is 14.4 Å². The number of carbonyl (C=O) groups excluding carboxylic acids is 3. The third-order valence-electron chi connectivity index (χ3n) is 3.31. The number of anilines is 2. The number of hydrogen-bond donors (Lipinski definition) is 3. The predicted octanol–water partition coefficient (Wildman–Crippen LogP) is 3.04. The van der Waals surface area contributed by atoms with Crippen molar-refractivity contribution in [3.63, 3.8) is 0 Å². The summed E-state index contributed by atoms with van der Waals surface area (Å²) in [7, 11) is 0. The molecule has 0 aromatic heterocycles. The summed E-state index contributed by atoms with van der Waals surface area (Å²) in [5.74, 6) is -0.413. The predicted molar refractivity (Wildman–Crippen MR) is 93.1 cm³/mol. The molecular weight excluding hydrogens is 306 g/mol. The van der Waals surface area contributed by atoms with Gasteiger partial charge in [-0.05, 0) is 38.1 Å². The van der Waals surface area contributed by atoms with Crippen LogP contribution < -0.4 is 16.0 Å². The van der Waals surface area contributed by atoms with Gasteiger partial charge in [0.15, 0.2) is 5.78 Å². The molecule has 0 spiro atoms. The first-order valence-electron chi connectivity index (χ1n) is 7.50. The Hall–Kier alpha value is -3.15. The number of ketones is 1. The van der Waals surface area contributed by atoms with E-state index in [-0.39, 0.29) is 11.7 Å². The van der Waals surface area contributed by atoms with Gasteiger partial charge < -0.3 is 16.0 Å². The minimum atomic E-state index is -0.721. The van der Waals surface area contributed by atoms with Crippen LogP contribution in [0.3, 0.4) is 0 Å². The molecule has 0 radical (unpaired) electrons. The Kier molecular flexibility index (Phi) is 5.68. The van der Waals surface area contributed by atoms with Gasteiger partial charge in [-0.3, -0.25) is 9.59 Å². The summed E-state index contributed by atoms with van der Waals surface area (Å²) in [5.41, 5.74) is 1.64. The van der Waals surface area contributed by atoms with Crippen molar-refractivity contribution in [1.82, 2.24) is 5.32 Å². The van der Waals surface area contributed by atoms with E-state index in [2.05, 4.69) is 16.0 Å². The van der Waals surface area contributed by atoms with Gasteiger partial charge in [-0.15, -0.1) is 0 Å². The van der Waals surface area contributed by atoms with Gasteiger partial charge >= 0.3 is 6.03 Å². The molecule has 1 atom stereocenters. The lowest BCUT2D eigenvalue weighted by Crippen LogP contribution is -2.43. The minimum Gasteiger partial charge on any atom is -0.326 e. The maximum absolute atomic E-state index is 12.0. The van der Waals surface area contributed by atoms with Crippen molar-refractivity contribution in [1.29, 1.82) is 0 Å². The molecule has 6 nitrogen and oxygen atoms in total.